The van der Waals surface area contributed by atoms with Crippen LogP contribution in [-0.2, 0) is 13.1 Å². The Balaban J connectivity index is 1.59. The van der Waals surface area contributed by atoms with Gasteiger partial charge in [0.05, 0.1) is 18.1 Å². The summed E-state index contributed by atoms with van der Waals surface area (Å²) in [6.07, 6.45) is 4.30. The number of halogens is 1. The maximum atomic E-state index is 5.93. The van der Waals surface area contributed by atoms with Crippen LogP contribution in [0.5, 0.6) is 0 Å². The Bertz CT molecular complexity index is 869. The number of likely N-dealkylation sites (tertiary alicyclic amines) is 1. The van der Waals surface area contributed by atoms with Gasteiger partial charge in [0.25, 0.3) is 0 Å². The number of nitrogen functional groups attached to an aromatic ring is 1. The molecule has 6 nitrogen and oxygen atoms in total. The van der Waals surface area contributed by atoms with Crippen LogP contribution in [0.4, 0.5) is 5.82 Å². The van der Waals surface area contributed by atoms with Gasteiger partial charge in [-0.05, 0) is 48.7 Å². The molecule has 0 amide bonds. The van der Waals surface area contributed by atoms with Crippen LogP contribution in [0.1, 0.15) is 24.0 Å². The molecule has 0 aliphatic carbocycles. The topological polar surface area (TPSA) is 72.9 Å². The van der Waals surface area contributed by atoms with Crippen molar-refractivity contribution in [1.29, 1.82) is 0 Å². The normalized spacial score (nSPS) is 15.4. The Morgan fingerprint density at radius 2 is 1.83 bits per heavy atom. The lowest BCUT2D eigenvalue weighted by molar-refractivity contribution is 0.331. The van der Waals surface area contributed by atoms with E-state index in [4.69, 9.17) is 17.3 Å². The van der Waals surface area contributed by atoms with Gasteiger partial charge >= 0.3 is 0 Å². The van der Waals surface area contributed by atoms with Crippen LogP contribution in [0.15, 0.2) is 30.5 Å². The van der Waals surface area contributed by atoms with Gasteiger partial charge in [-0.2, -0.15) is 10.1 Å². The third kappa shape index (κ3) is 3.07. The maximum absolute atomic E-state index is 5.93. The molecule has 1 aliphatic rings. The summed E-state index contributed by atoms with van der Waals surface area (Å²) >= 11 is 5.93. The van der Waals surface area contributed by atoms with E-state index in [1.807, 2.05) is 4.68 Å². The lowest BCUT2D eigenvalue weighted by atomic mass is 10.1. The van der Waals surface area contributed by atoms with Crippen LogP contribution in [0.2, 0.25) is 5.28 Å². The van der Waals surface area contributed by atoms with Crippen LogP contribution < -0.4 is 5.73 Å². The van der Waals surface area contributed by atoms with Crippen molar-refractivity contribution in [2.75, 3.05) is 18.8 Å². The van der Waals surface area contributed by atoms with Crippen LogP contribution in [0, 0.1) is 0 Å². The molecule has 124 valence electrons. The smallest absolute Gasteiger partial charge is 0.226 e. The minimum atomic E-state index is 0.143. The van der Waals surface area contributed by atoms with Gasteiger partial charge in [-0.15, -0.1) is 0 Å². The highest BCUT2D eigenvalue weighted by molar-refractivity contribution is 6.28. The van der Waals surface area contributed by atoms with Gasteiger partial charge < -0.3 is 5.73 Å². The molecule has 1 aliphatic heterocycles. The van der Waals surface area contributed by atoms with E-state index in [9.17, 15) is 0 Å². The number of aromatic nitrogens is 4. The molecule has 0 radical (unpaired) electrons. The van der Waals surface area contributed by atoms with Gasteiger partial charge in [-0.25, -0.2) is 9.67 Å². The Morgan fingerprint density at radius 3 is 2.62 bits per heavy atom. The van der Waals surface area contributed by atoms with Crippen molar-refractivity contribution >= 4 is 28.5 Å². The Hall–Kier alpha value is -2.18. The van der Waals surface area contributed by atoms with Crippen LogP contribution in [-0.4, -0.2) is 37.7 Å². The minimum Gasteiger partial charge on any atom is -0.383 e. The largest absolute Gasteiger partial charge is 0.383 e. The molecule has 2 N–H and O–H groups in total. The number of nitrogens with zero attached hydrogens (tertiary/aromatic N) is 5. The molecule has 0 atom stereocenters. The zero-order valence-electron chi connectivity index (χ0n) is 13.3. The Kier molecular flexibility index (Phi) is 4.08. The number of hydrogen-bond donors (Lipinski definition) is 1. The molecule has 0 saturated carbocycles. The molecule has 0 spiro atoms. The molecular formula is C17H19ClN6. The summed E-state index contributed by atoms with van der Waals surface area (Å²) in [5, 5.41) is 5.26. The average molecular weight is 343 g/mol. The SMILES string of the molecule is Nc1nc(Cl)nc2c1cnn2Cc1cccc(CN2CCCC2)c1. The van der Waals surface area contributed by atoms with Crippen LogP contribution in [0.25, 0.3) is 11.0 Å². The molecule has 3 heterocycles. The fourth-order valence-electron chi connectivity index (χ4n) is 3.26. The molecule has 7 heteroatoms. The number of fused-ring (bicyclic) bond motifs is 1. The highest BCUT2D eigenvalue weighted by Gasteiger charge is 2.13. The number of anilines is 1. The van der Waals surface area contributed by atoms with E-state index in [-0.39, 0.29) is 5.28 Å². The van der Waals surface area contributed by atoms with Crippen molar-refractivity contribution in [3.8, 4) is 0 Å². The van der Waals surface area contributed by atoms with Crippen molar-refractivity contribution < 1.29 is 0 Å². The van der Waals surface area contributed by atoms with E-state index >= 15 is 0 Å². The Morgan fingerprint density at radius 1 is 1.08 bits per heavy atom. The van der Waals surface area contributed by atoms with Crippen molar-refractivity contribution in [3.63, 3.8) is 0 Å². The van der Waals surface area contributed by atoms with E-state index < -0.39 is 0 Å². The molecule has 1 saturated heterocycles. The molecule has 4 rings (SSSR count). The standard InChI is InChI=1S/C17H19ClN6/c18-17-21-15(19)14-9-20-24(16(14)22-17)11-13-5-3-4-12(8-13)10-23-6-1-2-7-23/h3-5,8-9H,1-2,6-7,10-11H2,(H2,19,21,22). The number of nitrogens with two attached hydrogens (primary N) is 1. The summed E-state index contributed by atoms with van der Waals surface area (Å²) in [5.74, 6) is 0.360. The molecule has 0 unspecified atom stereocenters. The first-order valence-corrected chi connectivity index (χ1v) is 8.51. The van der Waals surface area contributed by atoms with Gasteiger partial charge in [0.1, 0.15) is 5.82 Å². The van der Waals surface area contributed by atoms with Gasteiger partial charge in [-0.1, -0.05) is 24.3 Å². The lowest BCUT2D eigenvalue weighted by Gasteiger charge is -2.15. The summed E-state index contributed by atoms with van der Waals surface area (Å²) in [6.45, 7) is 4.03. The second-order valence-corrected chi connectivity index (χ2v) is 6.56. The molecule has 1 fully saturated rings. The highest BCUT2D eigenvalue weighted by Crippen LogP contribution is 2.20. The summed E-state index contributed by atoms with van der Waals surface area (Å²) in [6, 6.07) is 8.62. The first-order valence-electron chi connectivity index (χ1n) is 8.14. The molecule has 1 aromatic carbocycles. The van der Waals surface area contributed by atoms with Crippen molar-refractivity contribution in [3.05, 3.63) is 46.9 Å². The summed E-state index contributed by atoms with van der Waals surface area (Å²) in [5.41, 5.74) is 9.07. The Labute approximate surface area is 145 Å². The third-order valence-electron chi connectivity index (χ3n) is 4.43. The molecule has 24 heavy (non-hydrogen) atoms. The second kappa shape index (κ2) is 6.37. The predicted octanol–water partition coefficient (Wildman–Crippen LogP) is 2.71. The van der Waals surface area contributed by atoms with E-state index in [0.717, 1.165) is 11.9 Å². The van der Waals surface area contributed by atoms with E-state index in [2.05, 4.69) is 44.2 Å². The van der Waals surface area contributed by atoms with Gasteiger partial charge in [-0.3, -0.25) is 4.90 Å². The van der Waals surface area contributed by atoms with E-state index in [1.54, 1.807) is 6.20 Å². The zero-order chi connectivity index (χ0) is 16.5. The number of benzene rings is 1. The van der Waals surface area contributed by atoms with E-state index in [1.165, 1.54) is 37.1 Å². The summed E-state index contributed by atoms with van der Waals surface area (Å²) in [7, 11) is 0. The molecule has 3 aromatic rings. The second-order valence-electron chi connectivity index (χ2n) is 6.22. The fourth-order valence-corrected chi connectivity index (χ4v) is 3.43. The number of rotatable bonds is 4. The molecule has 0 bridgehead atoms. The van der Waals surface area contributed by atoms with Gasteiger partial charge in [0.15, 0.2) is 5.65 Å². The molecular weight excluding hydrogens is 324 g/mol. The minimum absolute atomic E-state index is 0.143. The third-order valence-corrected chi connectivity index (χ3v) is 4.60. The average Bonchev–Trinajstić information content (AvgIpc) is 3.18. The van der Waals surface area contributed by atoms with Gasteiger partial charge in [0.2, 0.25) is 5.28 Å². The van der Waals surface area contributed by atoms with Crippen molar-refractivity contribution in [2.45, 2.75) is 25.9 Å². The maximum Gasteiger partial charge on any atom is 0.226 e. The van der Waals surface area contributed by atoms with E-state index in [0.29, 0.717) is 18.0 Å². The summed E-state index contributed by atoms with van der Waals surface area (Å²) in [4.78, 5) is 10.7. The molecule has 2 aromatic heterocycles. The first kappa shape index (κ1) is 15.4. The monoisotopic (exact) mass is 342 g/mol. The highest BCUT2D eigenvalue weighted by atomic mass is 35.5. The first-order chi connectivity index (χ1) is 11.7. The van der Waals surface area contributed by atoms with Crippen LogP contribution in [0.3, 0.4) is 0 Å². The quantitative estimate of drug-likeness (QED) is 0.738. The lowest BCUT2D eigenvalue weighted by Crippen LogP contribution is -2.18. The summed E-state index contributed by atoms with van der Waals surface area (Å²) < 4.78 is 1.81. The van der Waals surface area contributed by atoms with Gasteiger partial charge in [0, 0.05) is 6.54 Å². The van der Waals surface area contributed by atoms with Crippen molar-refractivity contribution in [1.82, 2.24) is 24.6 Å². The number of hydrogen-bond acceptors (Lipinski definition) is 5. The zero-order valence-corrected chi connectivity index (χ0v) is 14.1. The van der Waals surface area contributed by atoms with Crippen molar-refractivity contribution in [2.24, 2.45) is 0 Å². The predicted molar refractivity (Wildman–Crippen MR) is 94.8 cm³/mol. The fraction of sp³-hybridized carbons (Fsp3) is 0.353. The van der Waals surface area contributed by atoms with Crippen LogP contribution >= 0.6 is 11.6 Å².